The van der Waals surface area contributed by atoms with Gasteiger partial charge >= 0.3 is 6.18 Å². The molecular weight excluding hydrogens is 353 g/mol. The lowest BCUT2D eigenvalue weighted by atomic mass is 9.96. The summed E-state index contributed by atoms with van der Waals surface area (Å²) in [6.07, 6.45) is -1.07. The first-order chi connectivity index (χ1) is 12.4. The van der Waals surface area contributed by atoms with Crippen LogP contribution in [0.1, 0.15) is 35.3 Å². The molecule has 0 saturated carbocycles. The molecule has 26 heavy (non-hydrogen) atoms. The molecule has 3 atom stereocenters. The minimum Gasteiger partial charge on any atom is -0.378 e. The molecule has 1 N–H and O–H groups in total. The lowest BCUT2D eigenvalue weighted by Gasteiger charge is -2.27. The van der Waals surface area contributed by atoms with Crippen molar-refractivity contribution in [1.82, 2.24) is 14.9 Å². The van der Waals surface area contributed by atoms with E-state index in [0.717, 1.165) is 25.5 Å². The minimum absolute atomic E-state index is 0.0207. The largest absolute Gasteiger partial charge is 0.434 e. The molecular formula is C16H19F3N4O3. The van der Waals surface area contributed by atoms with E-state index in [-0.39, 0.29) is 37.3 Å². The fraction of sp³-hybridized carbons (Fsp3) is 0.688. The monoisotopic (exact) mass is 372 g/mol. The fourth-order valence-corrected chi connectivity index (χ4v) is 3.72. The molecule has 1 amide bonds. The van der Waals surface area contributed by atoms with Crippen molar-refractivity contribution in [2.75, 3.05) is 31.6 Å². The number of anilines is 1. The van der Waals surface area contributed by atoms with Crippen LogP contribution in [0.25, 0.3) is 0 Å². The second-order valence-electron chi connectivity index (χ2n) is 6.72. The average molecular weight is 372 g/mol. The third-order valence-corrected chi connectivity index (χ3v) is 5.01. The number of nitrogens with zero attached hydrogens (tertiary/aromatic N) is 3. The van der Waals surface area contributed by atoms with Crippen molar-refractivity contribution in [1.29, 1.82) is 0 Å². The maximum Gasteiger partial charge on any atom is 0.434 e. The molecule has 0 aliphatic carbocycles. The summed E-state index contributed by atoms with van der Waals surface area (Å²) < 4.78 is 51.3. The lowest BCUT2D eigenvalue weighted by Crippen LogP contribution is -2.41. The van der Waals surface area contributed by atoms with Gasteiger partial charge in [0.1, 0.15) is 0 Å². The summed E-state index contributed by atoms with van der Waals surface area (Å²) in [5.74, 6) is -0.854. The molecule has 1 aromatic heterocycles. The van der Waals surface area contributed by atoms with E-state index in [0.29, 0.717) is 13.2 Å². The van der Waals surface area contributed by atoms with Gasteiger partial charge in [0.15, 0.2) is 5.69 Å². The van der Waals surface area contributed by atoms with Crippen LogP contribution in [0.2, 0.25) is 0 Å². The lowest BCUT2D eigenvalue weighted by molar-refractivity contribution is -0.141. The van der Waals surface area contributed by atoms with Crippen LogP contribution in [0.5, 0.6) is 0 Å². The highest BCUT2D eigenvalue weighted by atomic mass is 19.4. The van der Waals surface area contributed by atoms with Crippen LogP contribution in [0.15, 0.2) is 6.20 Å². The predicted molar refractivity (Wildman–Crippen MR) is 83.7 cm³/mol. The van der Waals surface area contributed by atoms with Gasteiger partial charge in [0.2, 0.25) is 5.95 Å². The number of nitrogens with one attached hydrogen (secondary N) is 1. The van der Waals surface area contributed by atoms with Crippen LogP contribution in [0.3, 0.4) is 0 Å². The quantitative estimate of drug-likeness (QED) is 0.870. The Kier molecular flexibility index (Phi) is 4.47. The molecule has 142 valence electrons. The van der Waals surface area contributed by atoms with Gasteiger partial charge in [-0.25, -0.2) is 9.97 Å². The summed E-state index contributed by atoms with van der Waals surface area (Å²) in [6, 6.07) is -0.101. The summed E-state index contributed by atoms with van der Waals surface area (Å²) in [6.45, 7) is 1.10. The van der Waals surface area contributed by atoms with Crippen molar-refractivity contribution in [2.45, 2.75) is 43.7 Å². The molecule has 3 saturated heterocycles. The predicted octanol–water partition coefficient (Wildman–Crippen LogP) is 1.70. The Morgan fingerprint density at radius 1 is 1.27 bits per heavy atom. The second-order valence-corrected chi connectivity index (χ2v) is 6.72. The van der Waals surface area contributed by atoms with Crippen molar-refractivity contribution >= 4 is 11.9 Å². The molecule has 3 aliphatic rings. The molecule has 4 heterocycles. The summed E-state index contributed by atoms with van der Waals surface area (Å²) in [7, 11) is 0. The Bertz CT molecular complexity index is 694. The number of carbonyl (C=O) groups is 1. The van der Waals surface area contributed by atoms with Crippen molar-refractivity contribution in [3.8, 4) is 0 Å². The highest BCUT2D eigenvalue weighted by molar-refractivity contribution is 5.95. The average Bonchev–Trinajstić information content (AvgIpc) is 3.24. The normalized spacial score (nSPS) is 28.4. The zero-order chi connectivity index (χ0) is 18.3. The minimum atomic E-state index is -4.75. The molecule has 3 aliphatic heterocycles. The van der Waals surface area contributed by atoms with Crippen molar-refractivity contribution in [2.24, 2.45) is 0 Å². The van der Waals surface area contributed by atoms with E-state index in [9.17, 15) is 18.0 Å². The summed E-state index contributed by atoms with van der Waals surface area (Å²) >= 11 is 0. The smallest absolute Gasteiger partial charge is 0.378 e. The summed E-state index contributed by atoms with van der Waals surface area (Å²) in [5, 5.41) is 2.94. The first kappa shape index (κ1) is 17.5. The van der Waals surface area contributed by atoms with Crippen LogP contribution in [-0.4, -0.2) is 65.3 Å². The van der Waals surface area contributed by atoms with Gasteiger partial charge < -0.3 is 19.7 Å². The second kappa shape index (κ2) is 6.66. The van der Waals surface area contributed by atoms with Crippen molar-refractivity contribution < 1.29 is 27.4 Å². The third-order valence-electron chi connectivity index (χ3n) is 5.01. The zero-order valence-corrected chi connectivity index (χ0v) is 14.0. The fourth-order valence-electron chi connectivity index (χ4n) is 3.72. The number of rotatable bonds is 3. The first-order valence-electron chi connectivity index (χ1n) is 8.65. The van der Waals surface area contributed by atoms with Crippen LogP contribution < -0.4 is 5.32 Å². The number of alkyl halides is 3. The van der Waals surface area contributed by atoms with E-state index in [4.69, 9.17) is 9.47 Å². The highest BCUT2D eigenvalue weighted by Crippen LogP contribution is 2.36. The molecule has 3 fully saturated rings. The van der Waals surface area contributed by atoms with Crippen LogP contribution in [0, 0.1) is 0 Å². The zero-order valence-electron chi connectivity index (χ0n) is 14.0. The Morgan fingerprint density at radius 2 is 2.04 bits per heavy atom. The van der Waals surface area contributed by atoms with E-state index < -0.39 is 23.3 Å². The number of halogens is 3. The number of aromatic nitrogens is 2. The maximum atomic E-state index is 13.5. The van der Waals surface area contributed by atoms with Gasteiger partial charge in [-0.15, -0.1) is 0 Å². The standard InChI is InChI=1S/C16H19F3N4O3/c17-16(18,19)13-10(14(24)23-3-5-25-6-4-23)8-20-15(22-13)21-11-7-9-1-2-12(11)26-9/h8-9,11-12H,1-7H2,(H,20,21,22)/t9-,11+,12+/m0/s1. The summed E-state index contributed by atoms with van der Waals surface area (Å²) in [4.78, 5) is 21.4. The van der Waals surface area contributed by atoms with Crippen LogP contribution in [-0.2, 0) is 15.7 Å². The van der Waals surface area contributed by atoms with Crippen LogP contribution >= 0.6 is 0 Å². The molecule has 0 unspecified atom stereocenters. The maximum absolute atomic E-state index is 13.5. The number of amides is 1. The Morgan fingerprint density at radius 3 is 2.65 bits per heavy atom. The van der Waals surface area contributed by atoms with Gasteiger partial charge in [-0.1, -0.05) is 0 Å². The third kappa shape index (κ3) is 3.35. The van der Waals surface area contributed by atoms with Crippen molar-refractivity contribution in [3.63, 3.8) is 0 Å². The number of hydrogen-bond acceptors (Lipinski definition) is 6. The van der Waals surface area contributed by atoms with Gasteiger partial charge in [-0.2, -0.15) is 13.2 Å². The molecule has 4 rings (SSSR count). The van der Waals surface area contributed by atoms with Gasteiger partial charge in [0, 0.05) is 19.3 Å². The van der Waals surface area contributed by atoms with Gasteiger partial charge in [0.05, 0.1) is 37.0 Å². The Balaban J connectivity index is 1.57. The van der Waals surface area contributed by atoms with E-state index in [2.05, 4.69) is 15.3 Å². The van der Waals surface area contributed by atoms with Gasteiger partial charge in [0.25, 0.3) is 5.91 Å². The molecule has 2 bridgehead atoms. The van der Waals surface area contributed by atoms with Gasteiger partial charge in [-0.05, 0) is 19.3 Å². The summed E-state index contributed by atoms with van der Waals surface area (Å²) in [5.41, 5.74) is -1.75. The molecule has 0 aromatic carbocycles. The SMILES string of the molecule is O=C(c1cnc(N[C@@H]2C[C@@H]3CC[C@H]2O3)nc1C(F)(F)F)N1CCOCC1. The molecule has 0 radical (unpaired) electrons. The number of morpholine rings is 1. The van der Waals surface area contributed by atoms with E-state index in [1.54, 1.807) is 0 Å². The topological polar surface area (TPSA) is 76.6 Å². The van der Waals surface area contributed by atoms with E-state index in [1.807, 2.05) is 0 Å². The number of ether oxygens (including phenoxy) is 2. The van der Waals surface area contributed by atoms with Crippen LogP contribution in [0.4, 0.5) is 19.1 Å². The van der Waals surface area contributed by atoms with E-state index >= 15 is 0 Å². The Hall–Kier alpha value is -1.94. The first-order valence-corrected chi connectivity index (χ1v) is 8.65. The molecule has 10 heteroatoms. The molecule has 7 nitrogen and oxygen atoms in total. The number of carbonyl (C=O) groups excluding carboxylic acids is 1. The Labute approximate surface area is 147 Å². The van der Waals surface area contributed by atoms with E-state index in [1.165, 1.54) is 4.90 Å². The molecule has 1 aromatic rings. The van der Waals surface area contributed by atoms with Crippen molar-refractivity contribution in [3.05, 3.63) is 17.5 Å². The number of fused-ring (bicyclic) bond motifs is 2. The molecule has 0 spiro atoms. The van der Waals surface area contributed by atoms with Gasteiger partial charge in [-0.3, -0.25) is 4.79 Å². The number of hydrogen-bond donors (Lipinski definition) is 1. The highest BCUT2D eigenvalue weighted by Gasteiger charge is 2.42.